The van der Waals surface area contributed by atoms with Crippen molar-refractivity contribution in [3.05, 3.63) is 76.3 Å². The van der Waals surface area contributed by atoms with E-state index in [0.29, 0.717) is 24.7 Å². The highest BCUT2D eigenvalue weighted by Gasteiger charge is 2.24. The Hall–Kier alpha value is -3.19. The van der Waals surface area contributed by atoms with Gasteiger partial charge in [0.1, 0.15) is 5.75 Å². The molecule has 1 aromatic heterocycles. The summed E-state index contributed by atoms with van der Waals surface area (Å²) in [5.74, 6) is 0.239. The van der Waals surface area contributed by atoms with E-state index in [2.05, 4.69) is 4.98 Å². The van der Waals surface area contributed by atoms with Crippen LogP contribution in [0.25, 0.3) is 0 Å². The van der Waals surface area contributed by atoms with Gasteiger partial charge in [0.15, 0.2) is 10.8 Å². The fourth-order valence-electron chi connectivity index (χ4n) is 3.24. The van der Waals surface area contributed by atoms with Gasteiger partial charge in [-0.2, -0.15) is 0 Å². The Morgan fingerprint density at radius 2 is 1.69 bits per heavy atom. The number of ether oxygens (including phenoxy) is 2. The van der Waals surface area contributed by atoms with Gasteiger partial charge in [-0.25, -0.2) is 9.78 Å². The van der Waals surface area contributed by atoms with Crippen LogP contribution in [0.5, 0.6) is 5.75 Å². The van der Waals surface area contributed by atoms with Gasteiger partial charge in [-0.05, 0) is 50.5 Å². The van der Waals surface area contributed by atoms with Crippen LogP contribution in [-0.2, 0) is 22.4 Å². The van der Waals surface area contributed by atoms with Gasteiger partial charge in [0.2, 0.25) is 5.91 Å². The molecular weight excluding hydrogens is 424 g/mol. The molecule has 3 rings (SSSR count). The summed E-state index contributed by atoms with van der Waals surface area (Å²) in [5, 5.41) is 0.512. The molecule has 0 unspecified atom stereocenters. The van der Waals surface area contributed by atoms with Crippen LogP contribution in [-0.4, -0.2) is 36.6 Å². The molecule has 2 aromatic carbocycles. The first kappa shape index (κ1) is 23.5. The molecule has 0 saturated heterocycles. The molecule has 0 spiro atoms. The lowest BCUT2D eigenvalue weighted by Gasteiger charge is -2.20. The molecule has 0 aliphatic heterocycles. The predicted octanol–water partition coefficient (Wildman–Crippen LogP) is 4.85. The van der Waals surface area contributed by atoms with Gasteiger partial charge < -0.3 is 9.47 Å². The second kappa shape index (κ2) is 11.4. The molecular formula is C25H28N2O4S. The lowest BCUT2D eigenvalue weighted by atomic mass is 10.1. The number of amides is 1. The fraction of sp³-hybridized carbons (Fsp3) is 0.320. The quantitative estimate of drug-likeness (QED) is 0.412. The van der Waals surface area contributed by atoms with Crippen molar-refractivity contribution in [1.29, 1.82) is 0 Å². The van der Waals surface area contributed by atoms with E-state index in [1.807, 2.05) is 68.4 Å². The third-order valence-electron chi connectivity index (χ3n) is 4.84. The Morgan fingerprint density at radius 1 is 0.969 bits per heavy atom. The highest BCUT2D eigenvalue weighted by molar-refractivity contribution is 7.16. The molecule has 1 amide bonds. The van der Waals surface area contributed by atoms with Gasteiger partial charge >= 0.3 is 5.97 Å². The van der Waals surface area contributed by atoms with E-state index >= 15 is 0 Å². The van der Waals surface area contributed by atoms with Gasteiger partial charge in [-0.15, -0.1) is 11.3 Å². The molecule has 3 aromatic rings. The third kappa shape index (κ3) is 6.17. The minimum absolute atomic E-state index is 0.0748. The number of esters is 1. The molecule has 7 heteroatoms. The lowest BCUT2D eigenvalue weighted by molar-refractivity contribution is -0.118. The summed E-state index contributed by atoms with van der Waals surface area (Å²) in [7, 11) is 0. The number of aryl methyl sites for hydroxylation is 1. The average Bonchev–Trinajstić information content (AvgIpc) is 3.17. The van der Waals surface area contributed by atoms with E-state index in [-0.39, 0.29) is 24.6 Å². The highest BCUT2D eigenvalue weighted by Crippen LogP contribution is 2.27. The highest BCUT2D eigenvalue weighted by atomic mass is 32.1. The van der Waals surface area contributed by atoms with E-state index in [0.717, 1.165) is 21.8 Å². The van der Waals surface area contributed by atoms with Crippen LogP contribution in [0.3, 0.4) is 0 Å². The van der Waals surface area contributed by atoms with Crippen LogP contribution >= 0.6 is 11.3 Å². The molecule has 0 aliphatic rings. The number of nitrogens with zero attached hydrogens (tertiary/aromatic N) is 2. The smallest absolute Gasteiger partial charge is 0.358 e. The molecule has 0 aliphatic carbocycles. The van der Waals surface area contributed by atoms with Gasteiger partial charge in [-0.1, -0.05) is 42.5 Å². The Labute approximate surface area is 192 Å². The van der Waals surface area contributed by atoms with Gasteiger partial charge in [-0.3, -0.25) is 9.69 Å². The fourth-order valence-corrected chi connectivity index (χ4v) is 4.18. The zero-order chi connectivity index (χ0) is 22.9. The predicted molar refractivity (Wildman–Crippen MR) is 127 cm³/mol. The van der Waals surface area contributed by atoms with Gasteiger partial charge in [0, 0.05) is 11.4 Å². The van der Waals surface area contributed by atoms with E-state index in [1.165, 1.54) is 11.3 Å². The first-order valence-corrected chi connectivity index (χ1v) is 11.5. The molecule has 0 bridgehead atoms. The zero-order valence-corrected chi connectivity index (χ0v) is 19.5. The second-order valence-corrected chi connectivity index (χ2v) is 8.34. The summed E-state index contributed by atoms with van der Waals surface area (Å²) >= 11 is 1.33. The number of aromatic nitrogens is 1. The minimum atomic E-state index is -0.463. The number of carbonyl (C=O) groups is 2. The maximum atomic E-state index is 13.3. The largest absolute Gasteiger partial charge is 0.494 e. The number of hydrogen-bond acceptors (Lipinski definition) is 6. The maximum Gasteiger partial charge on any atom is 0.358 e. The monoisotopic (exact) mass is 452 g/mol. The van der Waals surface area contributed by atoms with Crippen molar-refractivity contribution in [3.8, 4) is 5.75 Å². The Bertz CT molecular complexity index is 1030. The Balaban J connectivity index is 1.82. The third-order valence-corrected chi connectivity index (χ3v) is 5.84. The number of rotatable bonds is 10. The summed E-state index contributed by atoms with van der Waals surface area (Å²) in [5.41, 5.74) is 2.29. The van der Waals surface area contributed by atoms with E-state index in [9.17, 15) is 9.59 Å². The molecule has 0 fully saturated rings. The average molecular weight is 453 g/mol. The van der Waals surface area contributed by atoms with E-state index in [1.54, 1.807) is 11.8 Å². The normalized spacial score (nSPS) is 10.6. The summed E-state index contributed by atoms with van der Waals surface area (Å²) in [6, 6.07) is 17.5. The van der Waals surface area contributed by atoms with Crippen LogP contribution in [0.4, 0.5) is 5.13 Å². The number of anilines is 1. The SMILES string of the molecule is CCOC(=O)c1nc(N(CCc2ccccc2)C(=O)Cc2ccc(OCC)cc2)sc1C. The van der Waals surface area contributed by atoms with Crippen LogP contribution in [0.15, 0.2) is 54.6 Å². The summed E-state index contributed by atoms with van der Waals surface area (Å²) in [4.78, 5) is 32.4. The van der Waals surface area contributed by atoms with Crippen molar-refractivity contribution < 1.29 is 19.1 Å². The molecule has 168 valence electrons. The summed E-state index contributed by atoms with van der Waals surface area (Å²) in [6.45, 7) is 6.85. The van der Waals surface area contributed by atoms with Crippen molar-refractivity contribution in [1.82, 2.24) is 4.98 Å². The van der Waals surface area contributed by atoms with Crippen molar-refractivity contribution in [3.63, 3.8) is 0 Å². The number of hydrogen-bond donors (Lipinski definition) is 0. The van der Waals surface area contributed by atoms with Crippen LogP contribution in [0.1, 0.15) is 40.3 Å². The number of carbonyl (C=O) groups excluding carboxylic acids is 2. The Morgan fingerprint density at radius 3 is 2.34 bits per heavy atom. The van der Waals surface area contributed by atoms with Crippen molar-refractivity contribution in [2.24, 2.45) is 0 Å². The van der Waals surface area contributed by atoms with Gasteiger partial charge in [0.05, 0.1) is 19.6 Å². The van der Waals surface area contributed by atoms with Crippen LogP contribution < -0.4 is 9.64 Å². The van der Waals surface area contributed by atoms with Crippen molar-refractivity contribution in [2.45, 2.75) is 33.6 Å². The second-order valence-electron chi connectivity index (χ2n) is 7.16. The van der Waals surface area contributed by atoms with Crippen molar-refractivity contribution in [2.75, 3.05) is 24.7 Å². The first-order valence-electron chi connectivity index (χ1n) is 10.7. The number of benzene rings is 2. The molecule has 0 atom stereocenters. The zero-order valence-electron chi connectivity index (χ0n) is 18.7. The van der Waals surface area contributed by atoms with Crippen LogP contribution in [0.2, 0.25) is 0 Å². The Kier molecular flexibility index (Phi) is 8.39. The topological polar surface area (TPSA) is 68.7 Å². The molecule has 32 heavy (non-hydrogen) atoms. The summed E-state index contributed by atoms with van der Waals surface area (Å²) in [6.07, 6.45) is 0.914. The van der Waals surface area contributed by atoms with Crippen molar-refractivity contribution >= 4 is 28.3 Å². The van der Waals surface area contributed by atoms with Crippen LogP contribution in [0, 0.1) is 6.92 Å². The maximum absolute atomic E-state index is 13.3. The summed E-state index contributed by atoms with van der Waals surface area (Å²) < 4.78 is 10.6. The standard InChI is InChI=1S/C25H28N2O4S/c1-4-30-21-13-11-20(12-14-21)17-22(28)27(16-15-19-9-7-6-8-10-19)25-26-23(18(3)32-25)24(29)31-5-2/h6-14H,4-5,15-17H2,1-3H3. The molecule has 0 saturated carbocycles. The first-order chi connectivity index (χ1) is 15.5. The molecule has 6 nitrogen and oxygen atoms in total. The molecule has 1 heterocycles. The lowest BCUT2D eigenvalue weighted by Crippen LogP contribution is -2.34. The van der Waals surface area contributed by atoms with Gasteiger partial charge in [0.25, 0.3) is 0 Å². The molecule has 0 N–H and O–H groups in total. The van der Waals surface area contributed by atoms with E-state index < -0.39 is 5.97 Å². The van der Waals surface area contributed by atoms with E-state index in [4.69, 9.17) is 9.47 Å². The number of thiazole rings is 1. The molecule has 0 radical (unpaired) electrons. The minimum Gasteiger partial charge on any atom is -0.494 e.